The molecule has 0 saturated carbocycles. The number of rotatable bonds is 7. The van der Waals surface area contributed by atoms with E-state index in [9.17, 15) is 0 Å². The summed E-state index contributed by atoms with van der Waals surface area (Å²) in [7, 11) is 3.24. The lowest BCUT2D eigenvalue weighted by atomic mass is 10.2. The van der Waals surface area contributed by atoms with Crippen molar-refractivity contribution in [2.24, 2.45) is 0 Å². The molecular weight excluding hydrogens is 366 g/mol. The van der Waals surface area contributed by atoms with E-state index in [0.29, 0.717) is 17.5 Å². The molecule has 7 heteroatoms. The number of methoxy groups -OCH3 is 2. The molecule has 2 heterocycles. The maximum atomic E-state index is 5.42. The molecule has 29 heavy (non-hydrogen) atoms. The maximum absolute atomic E-state index is 5.42. The molecule has 1 fully saturated rings. The molecule has 0 amide bonds. The van der Waals surface area contributed by atoms with Crippen LogP contribution in [0.1, 0.15) is 12.8 Å². The van der Waals surface area contributed by atoms with Gasteiger partial charge in [-0.1, -0.05) is 0 Å². The van der Waals surface area contributed by atoms with Crippen LogP contribution >= 0.6 is 0 Å². The molecule has 0 atom stereocenters. The van der Waals surface area contributed by atoms with E-state index in [2.05, 4.69) is 49.8 Å². The van der Waals surface area contributed by atoms with Gasteiger partial charge in [-0.15, -0.1) is 0 Å². The topological polar surface area (TPSA) is 71.5 Å². The second-order valence-electron chi connectivity index (χ2n) is 6.82. The third-order valence-electron chi connectivity index (χ3n) is 4.92. The van der Waals surface area contributed by atoms with Crippen molar-refractivity contribution in [1.82, 2.24) is 9.97 Å². The van der Waals surface area contributed by atoms with Crippen LogP contribution in [0.25, 0.3) is 0 Å². The van der Waals surface area contributed by atoms with Crippen LogP contribution in [0.2, 0.25) is 0 Å². The Labute approximate surface area is 170 Å². The van der Waals surface area contributed by atoms with Gasteiger partial charge in [0.1, 0.15) is 17.3 Å². The highest BCUT2D eigenvalue weighted by molar-refractivity contribution is 5.66. The van der Waals surface area contributed by atoms with Crippen molar-refractivity contribution in [3.8, 4) is 11.5 Å². The van der Waals surface area contributed by atoms with E-state index in [0.717, 1.165) is 30.2 Å². The van der Waals surface area contributed by atoms with Crippen LogP contribution in [-0.2, 0) is 0 Å². The fraction of sp³-hybridized carbons (Fsp3) is 0.273. The largest absolute Gasteiger partial charge is 0.497 e. The molecule has 1 aliphatic heterocycles. The summed E-state index contributed by atoms with van der Waals surface area (Å²) in [5.41, 5.74) is 3.02. The summed E-state index contributed by atoms with van der Waals surface area (Å²) >= 11 is 0. The van der Waals surface area contributed by atoms with Crippen LogP contribution in [-0.4, -0.2) is 37.3 Å². The average Bonchev–Trinajstić information content (AvgIpc) is 3.30. The summed E-state index contributed by atoms with van der Waals surface area (Å²) in [4.78, 5) is 11.3. The Kier molecular flexibility index (Phi) is 5.65. The summed E-state index contributed by atoms with van der Waals surface area (Å²) in [6.45, 7) is 2.28. The summed E-state index contributed by atoms with van der Waals surface area (Å²) < 4.78 is 10.7. The Bertz CT molecular complexity index is 956. The Morgan fingerprint density at radius 2 is 1.69 bits per heavy atom. The Morgan fingerprint density at radius 1 is 0.897 bits per heavy atom. The van der Waals surface area contributed by atoms with Crippen molar-refractivity contribution in [1.29, 1.82) is 0 Å². The Hall–Kier alpha value is -3.48. The summed E-state index contributed by atoms with van der Waals surface area (Å²) in [5, 5.41) is 6.53. The SMILES string of the molecule is COc1ccc(Nc2nccc(Nc3ccc(N4CCCC4)cc3)n2)c(OC)c1. The number of hydrogen-bond donors (Lipinski definition) is 2. The summed E-state index contributed by atoms with van der Waals surface area (Å²) in [6.07, 6.45) is 4.26. The Morgan fingerprint density at radius 3 is 2.41 bits per heavy atom. The van der Waals surface area contributed by atoms with Crippen molar-refractivity contribution in [2.75, 3.05) is 42.8 Å². The zero-order valence-electron chi connectivity index (χ0n) is 16.7. The molecule has 2 N–H and O–H groups in total. The lowest BCUT2D eigenvalue weighted by Crippen LogP contribution is -2.17. The third-order valence-corrected chi connectivity index (χ3v) is 4.92. The number of hydrogen-bond acceptors (Lipinski definition) is 7. The molecule has 0 radical (unpaired) electrons. The van der Waals surface area contributed by atoms with Crippen molar-refractivity contribution in [3.63, 3.8) is 0 Å². The number of ether oxygens (including phenoxy) is 2. The standard InChI is InChI=1S/C22H25N5O2/c1-28-18-9-10-19(20(15-18)29-2)25-22-23-12-11-21(26-22)24-16-5-7-17(8-6-16)27-13-3-4-14-27/h5-12,15H,3-4,13-14H2,1-2H3,(H2,23,24,25,26). The zero-order valence-corrected chi connectivity index (χ0v) is 16.7. The normalized spacial score (nSPS) is 13.2. The lowest BCUT2D eigenvalue weighted by molar-refractivity contribution is 0.395. The minimum atomic E-state index is 0.479. The molecule has 0 unspecified atom stereocenters. The molecule has 1 saturated heterocycles. The van der Waals surface area contributed by atoms with Gasteiger partial charge in [-0.25, -0.2) is 4.98 Å². The number of benzene rings is 2. The molecule has 0 spiro atoms. The smallest absolute Gasteiger partial charge is 0.229 e. The number of aromatic nitrogens is 2. The molecule has 150 valence electrons. The molecule has 0 bridgehead atoms. The molecule has 2 aromatic carbocycles. The first kappa shape index (κ1) is 18.9. The maximum Gasteiger partial charge on any atom is 0.229 e. The predicted molar refractivity (Wildman–Crippen MR) is 116 cm³/mol. The molecule has 7 nitrogen and oxygen atoms in total. The van der Waals surface area contributed by atoms with Gasteiger partial charge in [0.25, 0.3) is 0 Å². The van der Waals surface area contributed by atoms with Gasteiger partial charge in [-0.3, -0.25) is 0 Å². The van der Waals surface area contributed by atoms with E-state index in [1.807, 2.05) is 24.3 Å². The minimum absolute atomic E-state index is 0.479. The zero-order chi connectivity index (χ0) is 20.1. The molecule has 4 rings (SSSR count). The van der Waals surface area contributed by atoms with E-state index >= 15 is 0 Å². The van der Waals surface area contributed by atoms with Crippen molar-refractivity contribution in [2.45, 2.75) is 12.8 Å². The first-order chi connectivity index (χ1) is 14.2. The Balaban J connectivity index is 1.46. The molecule has 0 aliphatic carbocycles. The number of nitrogens with one attached hydrogen (secondary N) is 2. The highest BCUT2D eigenvalue weighted by Gasteiger charge is 2.12. The summed E-state index contributed by atoms with van der Waals surface area (Å²) in [5.74, 6) is 2.57. The van der Waals surface area contributed by atoms with Crippen LogP contribution in [0.5, 0.6) is 11.5 Å². The van der Waals surface area contributed by atoms with E-state index in [1.54, 1.807) is 20.4 Å². The van der Waals surface area contributed by atoms with Gasteiger partial charge >= 0.3 is 0 Å². The van der Waals surface area contributed by atoms with E-state index in [4.69, 9.17) is 9.47 Å². The molecule has 3 aromatic rings. The minimum Gasteiger partial charge on any atom is -0.497 e. The second kappa shape index (κ2) is 8.68. The molecule has 1 aromatic heterocycles. The highest BCUT2D eigenvalue weighted by Crippen LogP contribution is 2.31. The van der Waals surface area contributed by atoms with Gasteiger partial charge in [0.15, 0.2) is 0 Å². The predicted octanol–water partition coefficient (Wildman–Crippen LogP) is 4.58. The van der Waals surface area contributed by atoms with Crippen LogP contribution in [0.4, 0.5) is 28.8 Å². The van der Waals surface area contributed by atoms with Gasteiger partial charge in [-0.2, -0.15) is 4.98 Å². The van der Waals surface area contributed by atoms with Crippen LogP contribution < -0.4 is 25.0 Å². The first-order valence-corrected chi connectivity index (χ1v) is 9.69. The second-order valence-corrected chi connectivity index (χ2v) is 6.82. The van der Waals surface area contributed by atoms with Crippen molar-refractivity contribution in [3.05, 3.63) is 54.7 Å². The fourth-order valence-corrected chi connectivity index (χ4v) is 3.39. The first-order valence-electron chi connectivity index (χ1n) is 9.69. The third kappa shape index (κ3) is 4.51. The van der Waals surface area contributed by atoms with Gasteiger partial charge in [-0.05, 0) is 55.3 Å². The van der Waals surface area contributed by atoms with E-state index in [1.165, 1.54) is 18.5 Å². The quantitative estimate of drug-likeness (QED) is 0.611. The number of nitrogens with zero attached hydrogens (tertiary/aromatic N) is 3. The van der Waals surface area contributed by atoms with E-state index < -0.39 is 0 Å². The van der Waals surface area contributed by atoms with Crippen molar-refractivity contribution >= 4 is 28.8 Å². The molecular formula is C22H25N5O2. The average molecular weight is 391 g/mol. The van der Waals surface area contributed by atoms with Crippen LogP contribution in [0.3, 0.4) is 0 Å². The highest BCUT2D eigenvalue weighted by atomic mass is 16.5. The summed E-state index contributed by atoms with van der Waals surface area (Å²) in [6, 6.07) is 15.8. The van der Waals surface area contributed by atoms with E-state index in [-0.39, 0.29) is 0 Å². The van der Waals surface area contributed by atoms with Gasteiger partial charge in [0, 0.05) is 36.7 Å². The fourth-order valence-electron chi connectivity index (χ4n) is 3.39. The number of anilines is 5. The van der Waals surface area contributed by atoms with Crippen molar-refractivity contribution < 1.29 is 9.47 Å². The van der Waals surface area contributed by atoms with Crippen LogP contribution in [0, 0.1) is 0 Å². The van der Waals surface area contributed by atoms with Gasteiger partial charge in [0.2, 0.25) is 5.95 Å². The lowest BCUT2D eigenvalue weighted by Gasteiger charge is -2.18. The van der Waals surface area contributed by atoms with Crippen LogP contribution in [0.15, 0.2) is 54.7 Å². The molecule has 1 aliphatic rings. The monoisotopic (exact) mass is 391 g/mol. The van der Waals surface area contributed by atoms with Gasteiger partial charge in [0.05, 0.1) is 19.9 Å². The van der Waals surface area contributed by atoms with Gasteiger partial charge < -0.3 is 25.0 Å².